The zero-order valence-corrected chi connectivity index (χ0v) is 19.8. The van der Waals surface area contributed by atoms with E-state index in [2.05, 4.69) is 74.5 Å². The molecule has 0 bridgehead atoms. The van der Waals surface area contributed by atoms with E-state index in [9.17, 15) is 4.79 Å². The minimum Gasteiger partial charge on any atom is -0.369 e. The first-order valence-electron chi connectivity index (χ1n) is 10.9. The van der Waals surface area contributed by atoms with Gasteiger partial charge in [0, 0.05) is 47.6 Å². The van der Waals surface area contributed by atoms with Crippen molar-refractivity contribution in [3.8, 4) is 0 Å². The number of carbonyl (C=O) groups is 1. The molecule has 4 rings (SSSR count). The Kier molecular flexibility index (Phi) is 7.58. The number of anilines is 2. The largest absolute Gasteiger partial charge is 0.369 e. The first-order valence-corrected chi connectivity index (χ1v) is 11.7. The van der Waals surface area contributed by atoms with Crippen molar-refractivity contribution in [2.75, 3.05) is 43.0 Å². The fraction of sp³-hybridized carbons (Fsp3) is 0.269. The number of rotatable bonds is 7. The summed E-state index contributed by atoms with van der Waals surface area (Å²) in [4.78, 5) is 20.8. The molecular formula is C26H28BrN3O2. The number of hydrogen-bond donors (Lipinski definition) is 1. The summed E-state index contributed by atoms with van der Waals surface area (Å²) in [5.74, 6) is -0.115. The van der Waals surface area contributed by atoms with Gasteiger partial charge in [0.15, 0.2) is 0 Å². The Labute approximate surface area is 198 Å². The number of piperazine rings is 1. The molecule has 32 heavy (non-hydrogen) atoms. The summed E-state index contributed by atoms with van der Waals surface area (Å²) < 4.78 is 0.888. The zero-order chi connectivity index (χ0) is 22.3. The van der Waals surface area contributed by atoms with E-state index in [-0.39, 0.29) is 5.91 Å². The van der Waals surface area contributed by atoms with Crippen molar-refractivity contribution in [2.45, 2.75) is 13.3 Å². The summed E-state index contributed by atoms with van der Waals surface area (Å²) in [6.07, 6.45) is 0.931. The van der Waals surface area contributed by atoms with Crippen LogP contribution in [-0.2, 0) is 11.3 Å². The van der Waals surface area contributed by atoms with Gasteiger partial charge in [-0.15, -0.1) is 0 Å². The predicted octanol–water partition coefficient (Wildman–Crippen LogP) is 5.31. The molecule has 6 heteroatoms. The lowest BCUT2D eigenvalue weighted by molar-refractivity contribution is -0.160. The van der Waals surface area contributed by atoms with E-state index >= 15 is 0 Å². The van der Waals surface area contributed by atoms with Gasteiger partial charge in [0.25, 0.3) is 5.91 Å². The number of amides is 1. The second kappa shape index (κ2) is 10.8. The molecule has 1 aliphatic rings. The SMILES string of the molecule is Cc1ccccc1CCON1CCN(c2ccc(NC(=O)c3cccc(Br)c3)cc2)CC1. The van der Waals surface area contributed by atoms with Gasteiger partial charge in [-0.1, -0.05) is 46.3 Å². The third-order valence-corrected chi connectivity index (χ3v) is 6.22. The quantitative estimate of drug-likeness (QED) is 0.484. The van der Waals surface area contributed by atoms with Crippen LogP contribution in [0, 0.1) is 6.92 Å². The summed E-state index contributed by atoms with van der Waals surface area (Å²) in [5.41, 5.74) is 5.24. The van der Waals surface area contributed by atoms with E-state index in [0.29, 0.717) is 12.2 Å². The fourth-order valence-corrected chi connectivity index (χ4v) is 4.24. The van der Waals surface area contributed by atoms with E-state index in [4.69, 9.17) is 4.84 Å². The molecule has 166 valence electrons. The standard InChI is InChI=1S/C26H28BrN3O2/c1-20-5-2-3-6-21(20)13-18-32-30-16-14-29(15-17-30)25-11-9-24(10-12-25)28-26(31)22-7-4-8-23(27)19-22/h2-12,19H,13-18H2,1H3,(H,28,31). The molecule has 5 nitrogen and oxygen atoms in total. The molecule has 0 saturated carbocycles. The highest BCUT2D eigenvalue weighted by atomic mass is 79.9. The zero-order valence-electron chi connectivity index (χ0n) is 18.3. The van der Waals surface area contributed by atoms with Crippen LogP contribution in [0.15, 0.2) is 77.3 Å². The molecule has 1 saturated heterocycles. The number of halogens is 1. The van der Waals surface area contributed by atoms with E-state index in [1.165, 1.54) is 11.1 Å². The summed E-state index contributed by atoms with van der Waals surface area (Å²) in [6, 6.07) is 23.9. The first kappa shape index (κ1) is 22.5. The molecule has 0 spiro atoms. The molecule has 1 N–H and O–H groups in total. The summed E-state index contributed by atoms with van der Waals surface area (Å²) in [7, 11) is 0. The van der Waals surface area contributed by atoms with Crippen LogP contribution >= 0.6 is 15.9 Å². The first-order chi connectivity index (χ1) is 15.6. The second-order valence-electron chi connectivity index (χ2n) is 7.94. The topological polar surface area (TPSA) is 44.8 Å². The lowest BCUT2D eigenvalue weighted by Crippen LogP contribution is -2.46. The summed E-state index contributed by atoms with van der Waals surface area (Å²) >= 11 is 3.40. The molecule has 0 radical (unpaired) electrons. The Bertz CT molecular complexity index is 1050. The molecule has 0 atom stereocenters. The number of benzene rings is 3. The van der Waals surface area contributed by atoms with Crippen molar-refractivity contribution >= 4 is 33.2 Å². The van der Waals surface area contributed by atoms with Crippen molar-refractivity contribution < 1.29 is 9.63 Å². The fourth-order valence-electron chi connectivity index (χ4n) is 3.84. The van der Waals surface area contributed by atoms with Gasteiger partial charge in [0.2, 0.25) is 0 Å². The van der Waals surface area contributed by atoms with E-state index in [0.717, 1.165) is 48.4 Å². The highest BCUT2D eigenvalue weighted by molar-refractivity contribution is 9.10. The van der Waals surface area contributed by atoms with Crippen molar-refractivity contribution in [1.82, 2.24) is 5.06 Å². The Morgan fingerprint density at radius 3 is 2.44 bits per heavy atom. The van der Waals surface area contributed by atoms with E-state index in [1.807, 2.05) is 30.3 Å². The van der Waals surface area contributed by atoms with Crippen LogP contribution in [0.3, 0.4) is 0 Å². The van der Waals surface area contributed by atoms with Crippen LogP contribution in [-0.4, -0.2) is 43.8 Å². The maximum atomic E-state index is 12.4. The number of aryl methyl sites for hydroxylation is 1. The van der Waals surface area contributed by atoms with Crippen LogP contribution < -0.4 is 10.2 Å². The van der Waals surface area contributed by atoms with Crippen LogP contribution in [0.25, 0.3) is 0 Å². The van der Waals surface area contributed by atoms with Gasteiger partial charge >= 0.3 is 0 Å². The van der Waals surface area contributed by atoms with Crippen molar-refractivity contribution in [3.63, 3.8) is 0 Å². The van der Waals surface area contributed by atoms with Crippen LogP contribution in [0.4, 0.5) is 11.4 Å². The Morgan fingerprint density at radius 1 is 0.969 bits per heavy atom. The van der Waals surface area contributed by atoms with Gasteiger partial charge in [-0.25, -0.2) is 0 Å². The van der Waals surface area contributed by atoms with Gasteiger partial charge in [-0.2, -0.15) is 5.06 Å². The second-order valence-corrected chi connectivity index (χ2v) is 8.85. The molecular weight excluding hydrogens is 466 g/mol. The van der Waals surface area contributed by atoms with Gasteiger partial charge in [0.1, 0.15) is 0 Å². The van der Waals surface area contributed by atoms with Crippen LogP contribution in [0.1, 0.15) is 21.5 Å². The summed E-state index contributed by atoms with van der Waals surface area (Å²) in [5, 5.41) is 5.03. The molecule has 0 aliphatic carbocycles. The number of nitrogens with zero attached hydrogens (tertiary/aromatic N) is 2. The monoisotopic (exact) mass is 493 g/mol. The van der Waals surface area contributed by atoms with Crippen LogP contribution in [0.2, 0.25) is 0 Å². The Morgan fingerprint density at radius 2 is 1.72 bits per heavy atom. The predicted molar refractivity (Wildman–Crippen MR) is 133 cm³/mol. The molecule has 0 unspecified atom stereocenters. The lowest BCUT2D eigenvalue weighted by atomic mass is 10.1. The van der Waals surface area contributed by atoms with E-state index < -0.39 is 0 Å². The van der Waals surface area contributed by atoms with E-state index in [1.54, 1.807) is 6.07 Å². The number of hydroxylamine groups is 2. The highest BCUT2D eigenvalue weighted by Gasteiger charge is 2.18. The smallest absolute Gasteiger partial charge is 0.255 e. The normalized spacial score (nSPS) is 14.4. The lowest BCUT2D eigenvalue weighted by Gasteiger charge is -2.35. The highest BCUT2D eigenvalue weighted by Crippen LogP contribution is 2.21. The third kappa shape index (κ3) is 5.97. The number of nitrogens with one attached hydrogen (secondary N) is 1. The third-order valence-electron chi connectivity index (χ3n) is 5.72. The maximum Gasteiger partial charge on any atom is 0.255 e. The molecule has 3 aromatic carbocycles. The minimum absolute atomic E-state index is 0.115. The Balaban J connectivity index is 1.23. The minimum atomic E-state index is -0.115. The number of carbonyl (C=O) groups excluding carboxylic acids is 1. The van der Waals surface area contributed by atoms with Crippen molar-refractivity contribution in [3.05, 3.63) is 94.0 Å². The molecule has 1 fully saturated rings. The Hall–Kier alpha value is -2.67. The number of hydrogen-bond acceptors (Lipinski definition) is 4. The van der Waals surface area contributed by atoms with Crippen molar-refractivity contribution in [2.24, 2.45) is 0 Å². The average Bonchev–Trinajstić information content (AvgIpc) is 2.81. The molecule has 1 heterocycles. The van der Waals surface area contributed by atoms with Gasteiger partial charge in [-0.3, -0.25) is 9.63 Å². The van der Waals surface area contributed by atoms with Crippen LogP contribution in [0.5, 0.6) is 0 Å². The molecule has 1 aliphatic heterocycles. The molecule has 3 aromatic rings. The average molecular weight is 494 g/mol. The molecule has 0 aromatic heterocycles. The van der Waals surface area contributed by atoms with Gasteiger partial charge in [0.05, 0.1) is 6.61 Å². The summed E-state index contributed by atoms with van der Waals surface area (Å²) in [6.45, 7) is 6.41. The van der Waals surface area contributed by atoms with Gasteiger partial charge in [-0.05, 0) is 66.9 Å². The molecule has 1 amide bonds. The van der Waals surface area contributed by atoms with Crippen molar-refractivity contribution in [1.29, 1.82) is 0 Å². The van der Waals surface area contributed by atoms with Gasteiger partial charge < -0.3 is 10.2 Å². The maximum absolute atomic E-state index is 12.4.